The van der Waals surface area contributed by atoms with Crippen molar-refractivity contribution in [1.29, 1.82) is 0 Å². The molecule has 2 unspecified atom stereocenters. The van der Waals surface area contributed by atoms with Crippen LogP contribution in [0.4, 0.5) is 4.79 Å². The summed E-state index contributed by atoms with van der Waals surface area (Å²) in [6.07, 6.45) is 3.26. The fraction of sp³-hybridized carbons (Fsp3) is 0.562. The van der Waals surface area contributed by atoms with Gasteiger partial charge >= 0.3 is 6.03 Å². The van der Waals surface area contributed by atoms with E-state index in [-0.39, 0.29) is 18.2 Å². The van der Waals surface area contributed by atoms with Crippen molar-refractivity contribution in [2.24, 2.45) is 0 Å². The predicted octanol–water partition coefficient (Wildman–Crippen LogP) is 2.32. The molecule has 3 rings (SSSR count). The number of nitrogens with zero attached hydrogens (tertiary/aromatic N) is 1. The van der Waals surface area contributed by atoms with Gasteiger partial charge in [-0.1, -0.05) is 24.3 Å². The molecule has 0 aliphatic carbocycles. The van der Waals surface area contributed by atoms with Gasteiger partial charge < -0.3 is 15.0 Å². The zero-order valence-electron chi connectivity index (χ0n) is 12.0. The second kappa shape index (κ2) is 5.83. The Morgan fingerprint density at radius 2 is 2.20 bits per heavy atom. The number of nitrogens with one attached hydrogen (secondary N) is 1. The molecule has 0 bridgehead atoms. The minimum absolute atomic E-state index is 0.0301. The van der Waals surface area contributed by atoms with Crippen LogP contribution in [0.5, 0.6) is 0 Å². The SMILES string of the molecule is CC(NC(=O)N1CCc2ccccc2C1)C1CCCO1. The Kier molecular flexibility index (Phi) is 3.92. The fourth-order valence-corrected chi connectivity index (χ4v) is 3.04. The molecule has 2 atom stereocenters. The third kappa shape index (κ3) is 2.80. The average Bonchev–Trinajstić information content (AvgIpc) is 3.01. The van der Waals surface area contributed by atoms with Crippen LogP contribution in [-0.4, -0.2) is 36.2 Å². The quantitative estimate of drug-likeness (QED) is 0.899. The molecule has 20 heavy (non-hydrogen) atoms. The fourth-order valence-electron chi connectivity index (χ4n) is 3.04. The minimum atomic E-state index is 0.0301. The molecule has 1 aromatic rings. The van der Waals surface area contributed by atoms with Crippen molar-refractivity contribution in [2.75, 3.05) is 13.2 Å². The lowest BCUT2D eigenvalue weighted by atomic mass is 10.0. The molecule has 1 saturated heterocycles. The van der Waals surface area contributed by atoms with Crippen LogP contribution in [-0.2, 0) is 17.7 Å². The van der Waals surface area contributed by atoms with E-state index in [2.05, 4.69) is 23.5 Å². The molecule has 4 nitrogen and oxygen atoms in total. The predicted molar refractivity (Wildman–Crippen MR) is 77.5 cm³/mol. The first-order valence-corrected chi connectivity index (χ1v) is 7.48. The van der Waals surface area contributed by atoms with Gasteiger partial charge in [0.1, 0.15) is 0 Å². The normalized spacial score (nSPS) is 23.2. The lowest BCUT2D eigenvalue weighted by Gasteiger charge is -2.31. The van der Waals surface area contributed by atoms with Crippen LogP contribution < -0.4 is 5.32 Å². The second-order valence-corrected chi connectivity index (χ2v) is 5.73. The summed E-state index contributed by atoms with van der Waals surface area (Å²) in [7, 11) is 0. The highest BCUT2D eigenvalue weighted by Gasteiger charge is 2.26. The van der Waals surface area contributed by atoms with Gasteiger partial charge in [0.15, 0.2) is 0 Å². The van der Waals surface area contributed by atoms with Crippen LogP contribution in [0.15, 0.2) is 24.3 Å². The summed E-state index contributed by atoms with van der Waals surface area (Å²) in [4.78, 5) is 14.2. The summed E-state index contributed by atoms with van der Waals surface area (Å²) in [6.45, 7) is 4.36. The van der Waals surface area contributed by atoms with Gasteiger partial charge in [0, 0.05) is 19.7 Å². The lowest BCUT2D eigenvalue weighted by Crippen LogP contribution is -2.49. The molecule has 4 heteroatoms. The first-order chi connectivity index (χ1) is 9.74. The molecule has 0 radical (unpaired) electrons. The number of hydrogen-bond donors (Lipinski definition) is 1. The number of carbonyl (C=O) groups is 1. The Morgan fingerprint density at radius 3 is 2.95 bits per heavy atom. The molecular weight excluding hydrogens is 252 g/mol. The molecule has 0 spiro atoms. The molecule has 108 valence electrons. The van der Waals surface area contributed by atoms with Gasteiger partial charge in [-0.2, -0.15) is 0 Å². The Bertz CT molecular complexity index is 483. The number of fused-ring (bicyclic) bond motifs is 1. The van der Waals surface area contributed by atoms with Gasteiger partial charge in [0.05, 0.1) is 12.1 Å². The molecular formula is C16H22N2O2. The van der Waals surface area contributed by atoms with Crippen molar-refractivity contribution in [2.45, 2.75) is 44.9 Å². The molecule has 0 aromatic heterocycles. The van der Waals surface area contributed by atoms with Crippen LogP contribution in [0.25, 0.3) is 0 Å². The van der Waals surface area contributed by atoms with Crippen LogP contribution >= 0.6 is 0 Å². The zero-order chi connectivity index (χ0) is 13.9. The Hall–Kier alpha value is -1.55. The first kappa shape index (κ1) is 13.4. The van der Waals surface area contributed by atoms with Crippen molar-refractivity contribution in [1.82, 2.24) is 10.2 Å². The summed E-state index contributed by atoms with van der Waals surface area (Å²) in [6, 6.07) is 8.48. The second-order valence-electron chi connectivity index (χ2n) is 5.73. The number of hydrogen-bond acceptors (Lipinski definition) is 2. The topological polar surface area (TPSA) is 41.6 Å². The smallest absolute Gasteiger partial charge is 0.318 e. The van der Waals surface area contributed by atoms with Gasteiger partial charge in [-0.05, 0) is 37.3 Å². The summed E-state index contributed by atoms with van der Waals surface area (Å²) in [5.41, 5.74) is 2.63. The first-order valence-electron chi connectivity index (χ1n) is 7.48. The highest BCUT2D eigenvalue weighted by molar-refractivity contribution is 5.75. The number of rotatable bonds is 2. The van der Waals surface area contributed by atoms with E-state index in [0.29, 0.717) is 6.54 Å². The van der Waals surface area contributed by atoms with Gasteiger partial charge in [-0.15, -0.1) is 0 Å². The lowest BCUT2D eigenvalue weighted by molar-refractivity contribution is 0.0829. The molecule has 1 fully saturated rings. The highest BCUT2D eigenvalue weighted by atomic mass is 16.5. The summed E-state index contributed by atoms with van der Waals surface area (Å²) in [5.74, 6) is 0. The van der Waals surface area contributed by atoms with E-state index in [1.54, 1.807) is 0 Å². The number of amides is 2. The maximum atomic E-state index is 12.3. The van der Waals surface area contributed by atoms with Crippen molar-refractivity contribution in [3.63, 3.8) is 0 Å². The van der Waals surface area contributed by atoms with Crippen LogP contribution in [0, 0.1) is 0 Å². The van der Waals surface area contributed by atoms with E-state index in [9.17, 15) is 4.79 Å². The van der Waals surface area contributed by atoms with E-state index >= 15 is 0 Å². The summed E-state index contributed by atoms with van der Waals surface area (Å²) in [5, 5.41) is 3.08. The third-order valence-electron chi connectivity index (χ3n) is 4.29. The van der Waals surface area contributed by atoms with Crippen molar-refractivity contribution < 1.29 is 9.53 Å². The highest BCUT2D eigenvalue weighted by Crippen LogP contribution is 2.19. The molecule has 2 heterocycles. The van der Waals surface area contributed by atoms with Crippen molar-refractivity contribution >= 4 is 6.03 Å². The van der Waals surface area contributed by atoms with Gasteiger partial charge in [0.2, 0.25) is 0 Å². The van der Waals surface area contributed by atoms with E-state index in [1.165, 1.54) is 11.1 Å². The Morgan fingerprint density at radius 1 is 1.40 bits per heavy atom. The van der Waals surface area contributed by atoms with Crippen molar-refractivity contribution in [3.8, 4) is 0 Å². The Balaban J connectivity index is 1.58. The maximum absolute atomic E-state index is 12.3. The van der Waals surface area contributed by atoms with Crippen LogP contribution in [0.2, 0.25) is 0 Å². The Labute approximate surface area is 120 Å². The van der Waals surface area contributed by atoms with E-state index < -0.39 is 0 Å². The average molecular weight is 274 g/mol. The standard InChI is InChI=1S/C16H22N2O2/c1-12(15-7-4-10-20-15)17-16(19)18-9-8-13-5-2-3-6-14(13)11-18/h2-3,5-6,12,15H,4,7-11H2,1H3,(H,17,19). The van der Waals surface area contributed by atoms with E-state index in [0.717, 1.165) is 32.4 Å². The number of ether oxygens (including phenoxy) is 1. The van der Waals surface area contributed by atoms with Crippen molar-refractivity contribution in [3.05, 3.63) is 35.4 Å². The van der Waals surface area contributed by atoms with Gasteiger partial charge in [-0.25, -0.2) is 4.79 Å². The number of carbonyl (C=O) groups excluding carboxylic acids is 1. The van der Waals surface area contributed by atoms with Gasteiger partial charge in [0.25, 0.3) is 0 Å². The van der Waals surface area contributed by atoms with Crippen LogP contribution in [0.3, 0.4) is 0 Å². The zero-order valence-corrected chi connectivity index (χ0v) is 12.0. The van der Waals surface area contributed by atoms with Crippen LogP contribution in [0.1, 0.15) is 30.9 Å². The number of benzene rings is 1. The van der Waals surface area contributed by atoms with E-state index in [4.69, 9.17) is 4.74 Å². The third-order valence-corrected chi connectivity index (χ3v) is 4.29. The maximum Gasteiger partial charge on any atom is 0.318 e. The molecule has 2 aliphatic rings. The molecule has 2 amide bonds. The molecule has 1 aromatic carbocycles. The largest absolute Gasteiger partial charge is 0.376 e. The van der Waals surface area contributed by atoms with E-state index in [1.807, 2.05) is 17.9 Å². The number of urea groups is 1. The summed E-state index contributed by atoms with van der Waals surface area (Å²) >= 11 is 0. The summed E-state index contributed by atoms with van der Waals surface area (Å²) < 4.78 is 5.63. The van der Waals surface area contributed by atoms with Gasteiger partial charge in [-0.3, -0.25) is 0 Å². The molecule has 1 N–H and O–H groups in total. The monoisotopic (exact) mass is 274 g/mol. The minimum Gasteiger partial charge on any atom is -0.376 e. The molecule has 2 aliphatic heterocycles. The molecule has 0 saturated carbocycles.